The lowest BCUT2D eigenvalue weighted by Crippen LogP contribution is -2.50. The largest absolute Gasteiger partial charge is 0.361 e. The molecule has 0 spiro atoms. The first-order valence-electron chi connectivity index (χ1n) is 9.33. The van der Waals surface area contributed by atoms with Crippen molar-refractivity contribution in [3.8, 4) is 0 Å². The molecule has 0 atom stereocenters. The zero-order chi connectivity index (χ0) is 21.0. The van der Waals surface area contributed by atoms with Gasteiger partial charge in [0, 0.05) is 62.5 Å². The molecule has 29 heavy (non-hydrogen) atoms. The van der Waals surface area contributed by atoms with Gasteiger partial charge < -0.3 is 14.7 Å². The number of benzene rings is 1. The topological polar surface area (TPSA) is 122 Å². The fraction of sp³-hybridized carbons (Fsp3) is 0.421. The number of hydrogen-bond acceptors (Lipinski definition) is 7. The van der Waals surface area contributed by atoms with Gasteiger partial charge in [-0.1, -0.05) is 11.2 Å². The fourth-order valence-corrected chi connectivity index (χ4v) is 3.18. The number of aryl methyl sites for hydroxylation is 2. The van der Waals surface area contributed by atoms with Gasteiger partial charge in [-0.25, -0.2) is 0 Å². The number of piperazine rings is 1. The lowest BCUT2D eigenvalue weighted by molar-refractivity contribution is -0.385. The van der Waals surface area contributed by atoms with Crippen molar-refractivity contribution in [3.05, 3.63) is 57.0 Å². The molecule has 2 aromatic rings. The van der Waals surface area contributed by atoms with Gasteiger partial charge in [0.1, 0.15) is 5.76 Å². The highest BCUT2D eigenvalue weighted by atomic mass is 16.6. The smallest absolute Gasteiger partial charge is 0.276 e. The first-order valence-corrected chi connectivity index (χ1v) is 9.33. The van der Waals surface area contributed by atoms with Crippen LogP contribution in [0.1, 0.15) is 32.2 Å². The maximum absolute atomic E-state index is 12.4. The molecule has 1 fully saturated rings. The number of nitro benzene ring substituents is 1. The molecule has 1 aliphatic heterocycles. The second kappa shape index (κ2) is 8.82. The second-order valence-electron chi connectivity index (χ2n) is 6.97. The maximum atomic E-state index is 12.4. The molecule has 10 heteroatoms. The molecule has 0 aliphatic carbocycles. The number of carbonyl (C=O) groups excluding carboxylic acids is 2. The van der Waals surface area contributed by atoms with E-state index in [4.69, 9.17) is 4.52 Å². The van der Waals surface area contributed by atoms with E-state index in [2.05, 4.69) is 15.4 Å². The van der Waals surface area contributed by atoms with Crippen LogP contribution in [0.4, 0.5) is 5.69 Å². The number of nitrogens with zero attached hydrogens (tertiary/aromatic N) is 4. The Labute approximate surface area is 167 Å². The Balaban J connectivity index is 1.44. The van der Waals surface area contributed by atoms with Crippen LogP contribution in [0.2, 0.25) is 0 Å². The predicted octanol–water partition coefficient (Wildman–Crippen LogP) is 1.39. The Morgan fingerprint density at radius 2 is 1.93 bits per heavy atom. The van der Waals surface area contributed by atoms with Crippen LogP contribution in [-0.2, 0) is 0 Å². The summed E-state index contributed by atoms with van der Waals surface area (Å²) >= 11 is 0. The number of nitrogens with one attached hydrogen (secondary N) is 1. The van der Waals surface area contributed by atoms with Crippen LogP contribution in [0.25, 0.3) is 0 Å². The summed E-state index contributed by atoms with van der Waals surface area (Å²) in [5.41, 5.74) is 1.02. The predicted molar refractivity (Wildman–Crippen MR) is 104 cm³/mol. The Morgan fingerprint density at radius 3 is 2.55 bits per heavy atom. The monoisotopic (exact) mass is 401 g/mol. The van der Waals surface area contributed by atoms with Gasteiger partial charge >= 0.3 is 0 Å². The first-order chi connectivity index (χ1) is 13.8. The third-order valence-corrected chi connectivity index (χ3v) is 4.89. The molecule has 0 bridgehead atoms. The highest BCUT2D eigenvalue weighted by Crippen LogP contribution is 2.19. The third kappa shape index (κ3) is 4.96. The Morgan fingerprint density at radius 1 is 1.21 bits per heavy atom. The summed E-state index contributed by atoms with van der Waals surface area (Å²) in [6.45, 7) is 6.94. The summed E-state index contributed by atoms with van der Waals surface area (Å²) in [7, 11) is 0. The number of rotatable bonds is 6. The van der Waals surface area contributed by atoms with Crippen LogP contribution < -0.4 is 5.32 Å². The van der Waals surface area contributed by atoms with Gasteiger partial charge in [-0.05, 0) is 19.9 Å². The minimum Gasteiger partial charge on any atom is -0.361 e. The molecule has 1 aromatic heterocycles. The van der Waals surface area contributed by atoms with E-state index in [-0.39, 0.29) is 23.1 Å². The zero-order valence-corrected chi connectivity index (χ0v) is 16.4. The number of carbonyl (C=O) groups is 2. The SMILES string of the molecule is Cc1cc(C(=O)N2CCN(CCNC(=O)c3ccc(C)c([N+](=O)[O-])c3)CC2)no1. The van der Waals surface area contributed by atoms with E-state index in [1.54, 1.807) is 36.9 Å². The van der Waals surface area contributed by atoms with E-state index in [1.165, 1.54) is 6.07 Å². The van der Waals surface area contributed by atoms with Gasteiger partial charge in [0.05, 0.1) is 4.92 Å². The minimum atomic E-state index is -0.493. The van der Waals surface area contributed by atoms with Gasteiger partial charge in [-0.3, -0.25) is 24.6 Å². The van der Waals surface area contributed by atoms with Gasteiger partial charge in [-0.15, -0.1) is 0 Å². The fourth-order valence-electron chi connectivity index (χ4n) is 3.18. The van der Waals surface area contributed by atoms with Crippen molar-refractivity contribution in [2.75, 3.05) is 39.3 Å². The standard InChI is InChI=1S/C19H23N5O5/c1-13-3-4-15(12-17(13)24(27)28)18(25)20-5-6-22-7-9-23(10-8-22)19(26)16-11-14(2)29-21-16/h3-4,11-12H,5-10H2,1-2H3,(H,20,25). The van der Waals surface area contributed by atoms with Gasteiger partial charge in [-0.2, -0.15) is 0 Å². The van der Waals surface area contributed by atoms with E-state index in [9.17, 15) is 19.7 Å². The Kier molecular flexibility index (Phi) is 6.23. The van der Waals surface area contributed by atoms with Crippen LogP contribution >= 0.6 is 0 Å². The average molecular weight is 401 g/mol. The second-order valence-corrected chi connectivity index (χ2v) is 6.97. The van der Waals surface area contributed by atoms with E-state index in [0.29, 0.717) is 56.3 Å². The van der Waals surface area contributed by atoms with Gasteiger partial charge in [0.25, 0.3) is 17.5 Å². The lowest BCUT2D eigenvalue weighted by Gasteiger charge is -2.34. The van der Waals surface area contributed by atoms with E-state index in [1.807, 2.05) is 0 Å². The summed E-state index contributed by atoms with van der Waals surface area (Å²) in [5.74, 6) is 0.112. The van der Waals surface area contributed by atoms with Crippen molar-refractivity contribution in [2.24, 2.45) is 0 Å². The molecule has 0 saturated carbocycles. The third-order valence-electron chi connectivity index (χ3n) is 4.89. The van der Waals surface area contributed by atoms with Crippen molar-refractivity contribution in [2.45, 2.75) is 13.8 Å². The summed E-state index contributed by atoms with van der Waals surface area (Å²) < 4.78 is 4.95. The van der Waals surface area contributed by atoms with Crippen molar-refractivity contribution in [1.82, 2.24) is 20.3 Å². The van der Waals surface area contributed by atoms with Crippen molar-refractivity contribution < 1.29 is 19.0 Å². The molecule has 1 saturated heterocycles. The van der Waals surface area contributed by atoms with Gasteiger partial charge in [0.2, 0.25) is 0 Å². The molecule has 154 valence electrons. The van der Waals surface area contributed by atoms with Crippen LogP contribution in [0.3, 0.4) is 0 Å². The van der Waals surface area contributed by atoms with Crippen molar-refractivity contribution >= 4 is 17.5 Å². The molecule has 1 aromatic carbocycles. The summed E-state index contributed by atoms with van der Waals surface area (Å²) in [6.07, 6.45) is 0. The normalized spacial score (nSPS) is 14.6. The minimum absolute atomic E-state index is 0.0688. The van der Waals surface area contributed by atoms with Crippen molar-refractivity contribution in [1.29, 1.82) is 0 Å². The Bertz CT molecular complexity index is 917. The molecular weight excluding hydrogens is 378 g/mol. The summed E-state index contributed by atoms with van der Waals surface area (Å²) in [5, 5.41) is 17.6. The molecular formula is C19H23N5O5. The van der Waals surface area contributed by atoms with Gasteiger partial charge in [0.15, 0.2) is 5.69 Å². The van der Waals surface area contributed by atoms with E-state index >= 15 is 0 Å². The molecule has 1 N–H and O–H groups in total. The molecule has 1 aliphatic rings. The average Bonchev–Trinajstić information content (AvgIpc) is 3.14. The van der Waals surface area contributed by atoms with Crippen molar-refractivity contribution in [3.63, 3.8) is 0 Å². The molecule has 2 heterocycles. The van der Waals surface area contributed by atoms with Crippen LogP contribution in [0.5, 0.6) is 0 Å². The quantitative estimate of drug-likeness (QED) is 0.573. The molecule has 10 nitrogen and oxygen atoms in total. The van der Waals surface area contributed by atoms with E-state index < -0.39 is 4.92 Å². The number of hydrogen-bond donors (Lipinski definition) is 1. The lowest BCUT2D eigenvalue weighted by atomic mass is 10.1. The molecule has 2 amide bonds. The van der Waals surface area contributed by atoms with E-state index in [0.717, 1.165) is 0 Å². The summed E-state index contributed by atoms with van der Waals surface area (Å²) in [4.78, 5) is 39.0. The molecule has 0 unspecified atom stereocenters. The zero-order valence-electron chi connectivity index (χ0n) is 16.4. The van der Waals surface area contributed by atoms with Crippen LogP contribution in [0.15, 0.2) is 28.8 Å². The van der Waals surface area contributed by atoms with Crippen LogP contribution in [0, 0.1) is 24.0 Å². The highest BCUT2D eigenvalue weighted by molar-refractivity contribution is 5.95. The number of nitro groups is 1. The molecule has 0 radical (unpaired) electrons. The highest BCUT2D eigenvalue weighted by Gasteiger charge is 2.24. The number of amides is 2. The maximum Gasteiger partial charge on any atom is 0.276 e. The first kappa shape index (κ1) is 20.5. The molecule has 3 rings (SSSR count). The summed E-state index contributed by atoms with van der Waals surface area (Å²) in [6, 6.07) is 6.06. The van der Waals surface area contributed by atoms with Crippen LogP contribution in [-0.4, -0.2) is 71.0 Å². The number of aromatic nitrogens is 1. The Hall–Kier alpha value is -3.27.